The van der Waals surface area contributed by atoms with Crippen molar-refractivity contribution in [1.82, 2.24) is 5.32 Å². The lowest BCUT2D eigenvalue weighted by atomic mass is 10.0. The summed E-state index contributed by atoms with van der Waals surface area (Å²) in [6.07, 6.45) is 0.603. The Labute approximate surface area is 205 Å². The van der Waals surface area contributed by atoms with E-state index >= 15 is 0 Å². The standard InChI is InChI=1S/C26H29FN2O5S/c1-4-25(19-6-12-22(33-3)13-7-19)28-26(30)18-29(21-10-14-23(15-11-21)34-5-2)35(31,32)24-16-8-20(27)9-17-24/h6-17,25H,4-5,18H2,1-3H3,(H,28,30)/t25-/m1/s1. The first kappa shape index (κ1) is 26.0. The molecule has 0 aliphatic heterocycles. The van der Waals surface area contributed by atoms with Gasteiger partial charge in [-0.15, -0.1) is 0 Å². The number of hydrogen-bond acceptors (Lipinski definition) is 5. The number of nitrogens with zero attached hydrogens (tertiary/aromatic N) is 1. The van der Waals surface area contributed by atoms with Gasteiger partial charge in [0, 0.05) is 0 Å². The maximum absolute atomic E-state index is 13.5. The summed E-state index contributed by atoms with van der Waals surface area (Å²) in [5.74, 6) is 0.235. The van der Waals surface area contributed by atoms with Crippen molar-refractivity contribution in [2.45, 2.75) is 31.2 Å². The van der Waals surface area contributed by atoms with Gasteiger partial charge in [-0.2, -0.15) is 0 Å². The van der Waals surface area contributed by atoms with Crippen molar-refractivity contribution in [2.24, 2.45) is 0 Å². The van der Waals surface area contributed by atoms with E-state index in [-0.39, 0.29) is 16.6 Å². The van der Waals surface area contributed by atoms with Crippen LogP contribution in [0.2, 0.25) is 0 Å². The third kappa shape index (κ3) is 6.51. The zero-order chi connectivity index (χ0) is 25.4. The zero-order valence-electron chi connectivity index (χ0n) is 19.9. The van der Waals surface area contributed by atoms with Gasteiger partial charge in [-0.05, 0) is 79.6 Å². The summed E-state index contributed by atoms with van der Waals surface area (Å²) < 4.78 is 52.0. The predicted octanol–water partition coefficient (Wildman–Crippen LogP) is 4.70. The summed E-state index contributed by atoms with van der Waals surface area (Å²) in [4.78, 5) is 12.9. The van der Waals surface area contributed by atoms with Crippen molar-refractivity contribution in [1.29, 1.82) is 0 Å². The maximum Gasteiger partial charge on any atom is 0.264 e. The van der Waals surface area contributed by atoms with Crippen LogP contribution < -0.4 is 19.1 Å². The van der Waals surface area contributed by atoms with Gasteiger partial charge in [0.05, 0.1) is 30.3 Å². The fourth-order valence-corrected chi connectivity index (χ4v) is 4.97. The highest BCUT2D eigenvalue weighted by atomic mass is 32.2. The van der Waals surface area contributed by atoms with E-state index in [1.165, 1.54) is 12.1 Å². The Kier molecular flexibility index (Phi) is 8.70. The number of anilines is 1. The molecule has 3 aromatic rings. The molecular weight excluding hydrogens is 471 g/mol. The van der Waals surface area contributed by atoms with Gasteiger partial charge in [-0.3, -0.25) is 9.10 Å². The fraction of sp³-hybridized carbons (Fsp3) is 0.269. The summed E-state index contributed by atoms with van der Waals surface area (Å²) >= 11 is 0. The Morgan fingerprint density at radius 3 is 2.09 bits per heavy atom. The van der Waals surface area contributed by atoms with Gasteiger partial charge in [0.2, 0.25) is 5.91 Å². The molecule has 0 spiro atoms. The summed E-state index contributed by atoms with van der Waals surface area (Å²) in [7, 11) is -2.58. The van der Waals surface area contributed by atoms with Crippen molar-refractivity contribution in [3.05, 3.63) is 84.2 Å². The first-order valence-corrected chi connectivity index (χ1v) is 12.7. The molecule has 7 nitrogen and oxygen atoms in total. The molecule has 1 N–H and O–H groups in total. The normalized spacial score (nSPS) is 12.0. The number of sulfonamides is 1. The molecule has 1 atom stereocenters. The molecule has 0 saturated carbocycles. The lowest BCUT2D eigenvalue weighted by molar-refractivity contribution is -0.120. The van der Waals surface area contributed by atoms with Crippen LogP contribution in [0.15, 0.2) is 77.7 Å². The average Bonchev–Trinajstić information content (AvgIpc) is 2.87. The molecule has 186 valence electrons. The van der Waals surface area contributed by atoms with Crippen molar-refractivity contribution < 1.29 is 27.1 Å². The number of carbonyl (C=O) groups excluding carboxylic acids is 1. The van der Waals surface area contributed by atoms with Crippen LogP contribution in [-0.4, -0.2) is 34.6 Å². The van der Waals surface area contributed by atoms with Gasteiger partial charge in [-0.1, -0.05) is 19.1 Å². The lowest BCUT2D eigenvalue weighted by Crippen LogP contribution is -2.42. The Morgan fingerprint density at radius 1 is 0.943 bits per heavy atom. The molecule has 3 rings (SSSR count). The van der Waals surface area contributed by atoms with E-state index in [2.05, 4.69) is 5.32 Å². The van der Waals surface area contributed by atoms with E-state index in [9.17, 15) is 17.6 Å². The molecule has 0 unspecified atom stereocenters. The molecule has 0 aromatic heterocycles. The van der Waals surface area contributed by atoms with Crippen LogP contribution in [0.5, 0.6) is 11.5 Å². The maximum atomic E-state index is 13.5. The number of amides is 1. The minimum atomic E-state index is -4.16. The van der Waals surface area contributed by atoms with Crippen LogP contribution in [0.3, 0.4) is 0 Å². The molecule has 3 aromatic carbocycles. The van der Waals surface area contributed by atoms with Gasteiger partial charge in [0.15, 0.2) is 0 Å². The molecular formula is C26H29FN2O5S. The monoisotopic (exact) mass is 500 g/mol. The van der Waals surface area contributed by atoms with Gasteiger partial charge in [0.1, 0.15) is 23.9 Å². The van der Waals surface area contributed by atoms with E-state index < -0.39 is 28.3 Å². The minimum absolute atomic E-state index is 0.122. The molecule has 0 fully saturated rings. The van der Waals surface area contributed by atoms with Crippen LogP contribution in [0.25, 0.3) is 0 Å². The largest absolute Gasteiger partial charge is 0.497 e. The van der Waals surface area contributed by atoms with Gasteiger partial charge in [0.25, 0.3) is 10.0 Å². The Balaban J connectivity index is 1.89. The van der Waals surface area contributed by atoms with Crippen molar-refractivity contribution in [2.75, 3.05) is 24.6 Å². The first-order valence-electron chi connectivity index (χ1n) is 11.2. The number of carbonyl (C=O) groups is 1. The number of halogens is 1. The summed E-state index contributed by atoms with van der Waals surface area (Å²) in [6.45, 7) is 3.77. The number of benzene rings is 3. The van der Waals surface area contributed by atoms with E-state index in [0.29, 0.717) is 24.5 Å². The Bertz CT molecular complexity index is 1210. The third-order valence-electron chi connectivity index (χ3n) is 5.39. The number of methoxy groups -OCH3 is 1. The quantitative estimate of drug-likeness (QED) is 0.413. The fourth-order valence-electron chi connectivity index (χ4n) is 3.55. The summed E-state index contributed by atoms with van der Waals surface area (Å²) in [5.41, 5.74) is 1.15. The number of ether oxygens (including phenoxy) is 2. The van der Waals surface area contributed by atoms with Crippen molar-refractivity contribution in [3.63, 3.8) is 0 Å². The first-order chi connectivity index (χ1) is 16.8. The van der Waals surface area contributed by atoms with Gasteiger partial charge < -0.3 is 14.8 Å². The minimum Gasteiger partial charge on any atom is -0.497 e. The summed E-state index contributed by atoms with van der Waals surface area (Å²) in [6, 6.07) is 17.9. The number of rotatable bonds is 11. The van der Waals surface area contributed by atoms with Gasteiger partial charge >= 0.3 is 0 Å². The van der Waals surface area contributed by atoms with Crippen LogP contribution in [0.1, 0.15) is 31.9 Å². The van der Waals surface area contributed by atoms with E-state index in [1.807, 2.05) is 26.0 Å². The van der Waals surface area contributed by atoms with E-state index in [4.69, 9.17) is 9.47 Å². The second-order valence-electron chi connectivity index (χ2n) is 7.69. The highest BCUT2D eigenvalue weighted by molar-refractivity contribution is 7.92. The SMILES string of the molecule is CCOc1ccc(N(CC(=O)N[C@H](CC)c2ccc(OC)cc2)S(=O)(=O)c2ccc(F)cc2)cc1. The van der Waals surface area contributed by atoms with E-state index in [1.54, 1.807) is 43.5 Å². The molecule has 0 radical (unpaired) electrons. The van der Waals surface area contributed by atoms with Crippen LogP contribution in [0, 0.1) is 5.82 Å². The molecule has 0 aliphatic rings. The Hall–Kier alpha value is -3.59. The second-order valence-corrected chi connectivity index (χ2v) is 9.56. The highest BCUT2D eigenvalue weighted by Gasteiger charge is 2.28. The number of hydrogen-bond donors (Lipinski definition) is 1. The Morgan fingerprint density at radius 2 is 1.54 bits per heavy atom. The van der Waals surface area contributed by atoms with Crippen molar-refractivity contribution in [3.8, 4) is 11.5 Å². The average molecular weight is 501 g/mol. The van der Waals surface area contributed by atoms with Crippen LogP contribution in [-0.2, 0) is 14.8 Å². The predicted molar refractivity (Wildman–Crippen MR) is 133 cm³/mol. The van der Waals surface area contributed by atoms with E-state index in [0.717, 1.165) is 22.0 Å². The molecule has 0 heterocycles. The van der Waals surface area contributed by atoms with Crippen molar-refractivity contribution >= 4 is 21.6 Å². The zero-order valence-corrected chi connectivity index (χ0v) is 20.7. The lowest BCUT2D eigenvalue weighted by Gasteiger charge is -2.26. The molecule has 0 bridgehead atoms. The van der Waals surface area contributed by atoms with Gasteiger partial charge in [-0.25, -0.2) is 12.8 Å². The molecule has 35 heavy (non-hydrogen) atoms. The smallest absolute Gasteiger partial charge is 0.264 e. The highest BCUT2D eigenvalue weighted by Crippen LogP contribution is 2.27. The second kappa shape index (κ2) is 11.7. The third-order valence-corrected chi connectivity index (χ3v) is 7.17. The van der Waals surface area contributed by atoms with Crippen LogP contribution in [0.4, 0.5) is 10.1 Å². The molecule has 9 heteroatoms. The molecule has 1 amide bonds. The topological polar surface area (TPSA) is 84.9 Å². The number of nitrogens with one attached hydrogen (secondary N) is 1. The van der Waals surface area contributed by atoms with Crippen LogP contribution >= 0.6 is 0 Å². The molecule has 0 aliphatic carbocycles. The molecule has 0 saturated heterocycles. The summed E-state index contributed by atoms with van der Waals surface area (Å²) in [5, 5.41) is 2.91.